The molecule has 1 radical (unpaired) electrons. The number of rotatable bonds is 6. The summed E-state index contributed by atoms with van der Waals surface area (Å²) in [6.45, 7) is 0. The SMILES string of the molecule is CN(C)c1ccccc1-c1ccccc1P(C1CCCCC1)C1CCCCC1.CS(=O)(=O)[O-].Nc1ccccc1-c1[c]cccc1.[Pd]. The van der Waals surface area contributed by atoms with Gasteiger partial charge < -0.3 is 15.2 Å². The number of hydrogen-bond donors (Lipinski definition) is 1. The Hall–Kier alpha value is -2.52. The van der Waals surface area contributed by atoms with Crippen LogP contribution < -0.4 is 15.9 Å². The van der Waals surface area contributed by atoms with E-state index in [1.165, 1.54) is 81.0 Å². The van der Waals surface area contributed by atoms with E-state index in [1.807, 2.05) is 48.5 Å². The normalized spacial score (nSPS) is 15.3. The number of benzene rings is 4. The van der Waals surface area contributed by atoms with Crippen LogP contribution in [0.15, 0.2) is 97.1 Å². The molecule has 0 bridgehead atoms. The molecule has 255 valence electrons. The van der Waals surface area contributed by atoms with Gasteiger partial charge in [-0.15, -0.1) is 0 Å². The molecule has 5 nitrogen and oxygen atoms in total. The molecule has 2 aliphatic carbocycles. The van der Waals surface area contributed by atoms with Crippen LogP contribution in [0.3, 0.4) is 0 Å². The molecule has 2 N–H and O–H groups in total. The minimum Gasteiger partial charge on any atom is -0.748 e. The molecule has 2 aliphatic rings. The van der Waals surface area contributed by atoms with Gasteiger partial charge in [-0.3, -0.25) is 0 Å². The maximum Gasteiger partial charge on any atom is 0.0916 e. The van der Waals surface area contributed by atoms with Gasteiger partial charge in [0.2, 0.25) is 0 Å². The zero-order valence-electron chi connectivity index (χ0n) is 27.9. The van der Waals surface area contributed by atoms with Crippen LogP contribution in [0.5, 0.6) is 0 Å². The predicted molar refractivity (Wildman–Crippen MR) is 197 cm³/mol. The van der Waals surface area contributed by atoms with Crippen molar-refractivity contribution in [2.45, 2.75) is 75.5 Å². The quantitative estimate of drug-likeness (QED) is 0.0917. The molecular weight excluding hydrogens is 714 g/mol. The first-order valence-corrected chi connectivity index (χ1v) is 19.8. The maximum absolute atomic E-state index is 9.08. The Morgan fingerprint density at radius 1 is 0.702 bits per heavy atom. The summed E-state index contributed by atoms with van der Waals surface area (Å²) in [5, 5.41) is 1.70. The van der Waals surface area contributed by atoms with Gasteiger partial charge in [-0.25, -0.2) is 8.42 Å². The second-order valence-corrected chi connectivity index (χ2v) is 16.7. The van der Waals surface area contributed by atoms with Crippen LogP contribution >= 0.6 is 7.92 Å². The summed E-state index contributed by atoms with van der Waals surface area (Å²) in [6, 6.07) is 37.2. The van der Waals surface area contributed by atoms with E-state index in [2.05, 4.69) is 73.6 Å². The van der Waals surface area contributed by atoms with Crippen LogP contribution in [0.1, 0.15) is 64.2 Å². The summed E-state index contributed by atoms with van der Waals surface area (Å²) < 4.78 is 27.2. The van der Waals surface area contributed by atoms with Crippen molar-refractivity contribution in [2.24, 2.45) is 0 Å². The zero-order valence-corrected chi connectivity index (χ0v) is 31.1. The molecule has 0 aliphatic heterocycles. The van der Waals surface area contributed by atoms with E-state index in [1.54, 1.807) is 5.30 Å². The van der Waals surface area contributed by atoms with Crippen LogP contribution in [0.2, 0.25) is 0 Å². The molecule has 0 unspecified atom stereocenters. The summed E-state index contributed by atoms with van der Waals surface area (Å²) in [6.07, 6.45) is 15.2. The summed E-state index contributed by atoms with van der Waals surface area (Å²) in [4.78, 5) is 2.27. The van der Waals surface area contributed by atoms with Gasteiger partial charge in [-0.05, 0) is 71.6 Å². The Kier molecular flexibility index (Phi) is 16.1. The molecule has 2 saturated carbocycles. The second kappa shape index (κ2) is 19.5. The van der Waals surface area contributed by atoms with Crippen molar-refractivity contribution < 1.29 is 33.4 Å². The van der Waals surface area contributed by atoms with Crippen LogP contribution in [0.4, 0.5) is 11.4 Å². The smallest absolute Gasteiger partial charge is 0.0916 e. The van der Waals surface area contributed by atoms with Gasteiger partial charge in [0.25, 0.3) is 0 Å². The number of nitrogen functional groups attached to an aromatic ring is 1. The van der Waals surface area contributed by atoms with E-state index in [9.17, 15) is 0 Å². The van der Waals surface area contributed by atoms with Crippen molar-refractivity contribution in [3.05, 3.63) is 103 Å². The largest absolute Gasteiger partial charge is 0.748 e. The van der Waals surface area contributed by atoms with Crippen molar-refractivity contribution in [3.63, 3.8) is 0 Å². The van der Waals surface area contributed by atoms with Gasteiger partial charge in [0.05, 0.1) is 10.1 Å². The van der Waals surface area contributed by atoms with Crippen LogP contribution in [-0.2, 0) is 30.5 Å². The van der Waals surface area contributed by atoms with Crippen molar-refractivity contribution in [2.75, 3.05) is 31.0 Å². The minimum atomic E-state index is -3.92. The van der Waals surface area contributed by atoms with E-state index in [4.69, 9.17) is 18.7 Å². The topological polar surface area (TPSA) is 86.5 Å². The van der Waals surface area contributed by atoms with Crippen LogP contribution in [0, 0.1) is 6.07 Å². The van der Waals surface area contributed by atoms with Gasteiger partial charge in [0.1, 0.15) is 0 Å². The molecule has 0 saturated heterocycles. The minimum absolute atomic E-state index is 0. The summed E-state index contributed by atoms with van der Waals surface area (Å²) in [7, 11) is 0.343. The Balaban J connectivity index is 0.000000262. The Morgan fingerprint density at radius 3 is 1.68 bits per heavy atom. The molecule has 47 heavy (non-hydrogen) atoms. The maximum atomic E-state index is 9.08. The number of hydrogen-bond acceptors (Lipinski definition) is 5. The number of para-hydroxylation sites is 2. The summed E-state index contributed by atoms with van der Waals surface area (Å²) >= 11 is 0. The fourth-order valence-corrected chi connectivity index (χ4v) is 10.7. The van der Waals surface area contributed by atoms with E-state index in [0.29, 0.717) is 6.26 Å². The zero-order chi connectivity index (χ0) is 32.9. The molecular formula is C39H49N2O3PPdS-. The third kappa shape index (κ3) is 12.1. The predicted octanol–water partition coefficient (Wildman–Crippen LogP) is 9.09. The molecule has 0 amide bonds. The Labute approximate surface area is 298 Å². The van der Waals surface area contributed by atoms with Gasteiger partial charge >= 0.3 is 0 Å². The first-order chi connectivity index (χ1) is 22.1. The molecule has 8 heteroatoms. The van der Waals surface area contributed by atoms with Crippen molar-refractivity contribution >= 4 is 34.7 Å². The molecule has 2 fully saturated rings. The van der Waals surface area contributed by atoms with E-state index in [-0.39, 0.29) is 28.3 Å². The molecule has 0 aromatic heterocycles. The van der Waals surface area contributed by atoms with E-state index >= 15 is 0 Å². The second-order valence-electron chi connectivity index (χ2n) is 12.5. The van der Waals surface area contributed by atoms with Crippen LogP contribution in [-0.4, -0.2) is 44.6 Å². The fraction of sp³-hybridized carbons (Fsp3) is 0.385. The van der Waals surface area contributed by atoms with Crippen molar-refractivity contribution in [1.29, 1.82) is 0 Å². The van der Waals surface area contributed by atoms with Gasteiger partial charge in [0, 0.05) is 63.3 Å². The Bertz CT molecular complexity index is 1580. The molecule has 0 atom stereocenters. The first-order valence-electron chi connectivity index (χ1n) is 16.5. The third-order valence-electron chi connectivity index (χ3n) is 8.75. The average molecular weight is 763 g/mol. The van der Waals surface area contributed by atoms with E-state index < -0.39 is 10.1 Å². The number of anilines is 2. The molecule has 6 rings (SSSR count). The summed E-state index contributed by atoms with van der Waals surface area (Å²) in [5.74, 6) is 0. The Morgan fingerprint density at radius 2 is 1.17 bits per heavy atom. The standard InChI is InChI=1S/C26H36NP.C12H10N.CH4O3S.Pd/c1-27(2)25-19-11-9-17-23(25)24-18-10-12-20-26(24)28(21-13-5-3-6-14-21)22-15-7-4-8-16-22;13-12-9-5-4-8-11(12)10-6-2-1-3-7-10;1-5(2,3)4;/h9-12,17-22H,3-8,13-16H2,1-2H3;1-6,8-9H,13H2;1H3,(H,2,3,4);/p-1. The van der Waals surface area contributed by atoms with Gasteiger partial charge in [-0.2, -0.15) is 0 Å². The third-order valence-corrected chi connectivity index (χ3v) is 12.3. The average Bonchev–Trinajstić information content (AvgIpc) is 3.06. The van der Waals surface area contributed by atoms with Gasteiger partial charge in [0.15, 0.2) is 0 Å². The van der Waals surface area contributed by atoms with Crippen molar-refractivity contribution in [3.8, 4) is 22.3 Å². The molecule has 4 aromatic carbocycles. The number of nitrogens with zero attached hydrogens (tertiary/aromatic N) is 1. The molecule has 4 aromatic rings. The van der Waals surface area contributed by atoms with Crippen LogP contribution in [0.25, 0.3) is 22.3 Å². The van der Waals surface area contributed by atoms with E-state index in [0.717, 1.165) is 28.1 Å². The first kappa shape index (κ1) is 38.9. The molecule has 0 heterocycles. The number of nitrogens with two attached hydrogens (primary N) is 1. The molecule has 0 spiro atoms. The fourth-order valence-electron chi connectivity index (χ4n) is 6.73. The van der Waals surface area contributed by atoms with Gasteiger partial charge in [-0.1, -0.05) is 131 Å². The monoisotopic (exact) mass is 762 g/mol. The summed E-state index contributed by atoms with van der Waals surface area (Å²) in [5.41, 5.74) is 14.9. The van der Waals surface area contributed by atoms with Crippen molar-refractivity contribution in [1.82, 2.24) is 0 Å².